The van der Waals surface area contributed by atoms with E-state index in [4.69, 9.17) is 18.9 Å². The number of fused-ring (bicyclic) bond motifs is 1. The van der Waals surface area contributed by atoms with E-state index >= 15 is 0 Å². The molecule has 0 amide bonds. The Morgan fingerprint density at radius 3 is 2.63 bits per heavy atom. The van der Waals surface area contributed by atoms with E-state index in [1.807, 2.05) is 18.2 Å². The average Bonchev–Trinajstić information content (AvgIpc) is 2.47. The summed E-state index contributed by atoms with van der Waals surface area (Å²) in [6, 6.07) is 5.85. The van der Waals surface area contributed by atoms with Gasteiger partial charge in [-0.3, -0.25) is 0 Å². The Morgan fingerprint density at radius 2 is 1.95 bits per heavy atom. The summed E-state index contributed by atoms with van der Waals surface area (Å²) in [5, 5.41) is 0.890. The fourth-order valence-electron chi connectivity index (χ4n) is 1.57. The summed E-state index contributed by atoms with van der Waals surface area (Å²) in [6.07, 6.45) is 1.25. The van der Waals surface area contributed by atoms with E-state index in [9.17, 15) is 0 Å². The van der Waals surface area contributed by atoms with Crippen LogP contribution in [0.25, 0.3) is 10.9 Å². The number of benzene rings is 1. The van der Waals surface area contributed by atoms with Crippen LogP contribution < -0.4 is 9.47 Å². The molecule has 0 N–H and O–H groups in total. The second kappa shape index (κ2) is 6.31. The van der Waals surface area contributed by atoms with Crippen LogP contribution in [0.2, 0.25) is 0 Å². The minimum absolute atomic E-state index is 0.231. The van der Waals surface area contributed by atoms with Crippen LogP contribution >= 0.6 is 0 Å². The van der Waals surface area contributed by atoms with Gasteiger partial charge < -0.3 is 18.9 Å². The highest BCUT2D eigenvalue weighted by Gasteiger charge is 2.08. The highest BCUT2D eigenvalue weighted by atomic mass is 16.7. The van der Waals surface area contributed by atoms with Gasteiger partial charge in [-0.1, -0.05) is 0 Å². The SMILES string of the molecule is COc1ccc2nc(OCC(OC)OC)ncc2c1. The topological polar surface area (TPSA) is 62.7 Å². The Hall–Kier alpha value is -1.92. The maximum absolute atomic E-state index is 5.41. The second-order valence-electron chi connectivity index (χ2n) is 3.79. The van der Waals surface area contributed by atoms with Crippen molar-refractivity contribution in [1.29, 1.82) is 0 Å². The van der Waals surface area contributed by atoms with Crippen LogP contribution in [-0.4, -0.2) is 44.2 Å². The molecule has 0 saturated carbocycles. The van der Waals surface area contributed by atoms with Gasteiger partial charge in [0.25, 0.3) is 0 Å². The maximum atomic E-state index is 5.41. The minimum atomic E-state index is -0.435. The number of nitrogens with zero attached hydrogens (tertiary/aromatic N) is 2. The fourth-order valence-corrected chi connectivity index (χ4v) is 1.57. The molecule has 1 heterocycles. The van der Waals surface area contributed by atoms with Gasteiger partial charge in [0.15, 0.2) is 6.29 Å². The Kier molecular flexibility index (Phi) is 4.48. The summed E-state index contributed by atoms with van der Waals surface area (Å²) in [6.45, 7) is 0.231. The number of hydrogen-bond acceptors (Lipinski definition) is 6. The van der Waals surface area contributed by atoms with E-state index < -0.39 is 6.29 Å². The van der Waals surface area contributed by atoms with Gasteiger partial charge in [-0.15, -0.1) is 0 Å². The Bertz CT molecular complexity index is 543. The molecule has 0 spiro atoms. The molecule has 0 aliphatic rings. The van der Waals surface area contributed by atoms with Gasteiger partial charge in [0.1, 0.15) is 12.4 Å². The highest BCUT2D eigenvalue weighted by Crippen LogP contribution is 2.20. The van der Waals surface area contributed by atoms with Crippen molar-refractivity contribution in [3.05, 3.63) is 24.4 Å². The van der Waals surface area contributed by atoms with E-state index in [0.29, 0.717) is 0 Å². The van der Waals surface area contributed by atoms with Crippen molar-refractivity contribution in [2.24, 2.45) is 0 Å². The molecule has 6 nitrogen and oxygen atoms in total. The molecule has 0 atom stereocenters. The standard InChI is InChI=1S/C13H16N2O4/c1-16-10-4-5-11-9(6-10)7-14-13(15-11)19-8-12(17-2)18-3/h4-7,12H,8H2,1-3H3. The van der Waals surface area contributed by atoms with Crippen molar-refractivity contribution in [3.8, 4) is 11.8 Å². The molecule has 0 radical (unpaired) electrons. The molecule has 1 aromatic heterocycles. The third-order valence-electron chi connectivity index (χ3n) is 2.64. The first-order valence-corrected chi connectivity index (χ1v) is 5.76. The molecular formula is C13H16N2O4. The van der Waals surface area contributed by atoms with E-state index in [-0.39, 0.29) is 12.6 Å². The lowest BCUT2D eigenvalue weighted by atomic mass is 10.2. The van der Waals surface area contributed by atoms with Crippen molar-refractivity contribution >= 4 is 10.9 Å². The van der Waals surface area contributed by atoms with Crippen molar-refractivity contribution in [1.82, 2.24) is 9.97 Å². The molecule has 0 aliphatic carbocycles. The molecule has 1 aromatic carbocycles. The van der Waals surface area contributed by atoms with Crippen LogP contribution in [0, 0.1) is 0 Å². The molecule has 0 fully saturated rings. The largest absolute Gasteiger partial charge is 0.497 e. The predicted molar refractivity (Wildman–Crippen MR) is 69.4 cm³/mol. The van der Waals surface area contributed by atoms with Gasteiger partial charge in [-0.25, -0.2) is 4.98 Å². The number of ether oxygens (including phenoxy) is 4. The predicted octanol–water partition coefficient (Wildman–Crippen LogP) is 1.64. The third-order valence-corrected chi connectivity index (χ3v) is 2.64. The smallest absolute Gasteiger partial charge is 0.317 e. The van der Waals surface area contributed by atoms with Crippen molar-refractivity contribution in [2.75, 3.05) is 27.9 Å². The van der Waals surface area contributed by atoms with Gasteiger partial charge in [0.2, 0.25) is 0 Å². The minimum Gasteiger partial charge on any atom is -0.497 e. The molecule has 2 aromatic rings. The van der Waals surface area contributed by atoms with Crippen LogP contribution in [0.1, 0.15) is 0 Å². The average molecular weight is 264 g/mol. The van der Waals surface area contributed by atoms with Gasteiger partial charge >= 0.3 is 6.01 Å². The van der Waals surface area contributed by atoms with Gasteiger partial charge in [-0.2, -0.15) is 4.98 Å². The number of methoxy groups -OCH3 is 3. The molecule has 0 bridgehead atoms. The lowest BCUT2D eigenvalue weighted by Crippen LogP contribution is -2.22. The summed E-state index contributed by atoms with van der Waals surface area (Å²) >= 11 is 0. The summed E-state index contributed by atoms with van der Waals surface area (Å²) in [5.41, 5.74) is 0.789. The van der Waals surface area contributed by atoms with Gasteiger partial charge in [0, 0.05) is 25.8 Å². The van der Waals surface area contributed by atoms with E-state index in [0.717, 1.165) is 16.7 Å². The lowest BCUT2D eigenvalue weighted by molar-refractivity contribution is -0.123. The van der Waals surface area contributed by atoms with Crippen LogP contribution in [0.3, 0.4) is 0 Å². The maximum Gasteiger partial charge on any atom is 0.317 e. The molecular weight excluding hydrogens is 248 g/mol. The second-order valence-corrected chi connectivity index (χ2v) is 3.79. The van der Waals surface area contributed by atoms with E-state index in [2.05, 4.69) is 9.97 Å². The summed E-state index contributed by atoms with van der Waals surface area (Å²) < 4.78 is 20.6. The van der Waals surface area contributed by atoms with Crippen LogP contribution in [0.4, 0.5) is 0 Å². The third kappa shape index (κ3) is 3.30. The van der Waals surface area contributed by atoms with Crippen molar-refractivity contribution < 1.29 is 18.9 Å². The number of hydrogen-bond donors (Lipinski definition) is 0. The summed E-state index contributed by atoms with van der Waals surface area (Å²) in [4.78, 5) is 8.41. The number of rotatable bonds is 6. The van der Waals surface area contributed by atoms with E-state index in [1.54, 1.807) is 27.5 Å². The molecule has 0 unspecified atom stereocenters. The Labute approximate surface area is 111 Å². The van der Waals surface area contributed by atoms with Gasteiger partial charge in [0.05, 0.1) is 12.6 Å². The van der Waals surface area contributed by atoms with Crippen molar-refractivity contribution in [3.63, 3.8) is 0 Å². The molecule has 102 valence electrons. The zero-order valence-corrected chi connectivity index (χ0v) is 11.1. The first-order chi connectivity index (χ1) is 9.26. The van der Waals surface area contributed by atoms with Crippen LogP contribution in [0.15, 0.2) is 24.4 Å². The molecule has 19 heavy (non-hydrogen) atoms. The van der Waals surface area contributed by atoms with E-state index in [1.165, 1.54) is 0 Å². The molecule has 0 aliphatic heterocycles. The zero-order chi connectivity index (χ0) is 13.7. The summed E-state index contributed by atoms with van der Waals surface area (Å²) in [7, 11) is 4.71. The zero-order valence-electron chi connectivity index (χ0n) is 11.1. The lowest BCUT2D eigenvalue weighted by Gasteiger charge is -2.13. The van der Waals surface area contributed by atoms with Crippen molar-refractivity contribution in [2.45, 2.75) is 6.29 Å². The quantitative estimate of drug-likeness (QED) is 0.739. The summed E-state index contributed by atoms with van der Waals surface area (Å²) in [5.74, 6) is 0.767. The first-order valence-electron chi connectivity index (χ1n) is 5.76. The first kappa shape index (κ1) is 13.5. The van der Waals surface area contributed by atoms with Crippen LogP contribution in [0.5, 0.6) is 11.8 Å². The number of aromatic nitrogens is 2. The van der Waals surface area contributed by atoms with Crippen LogP contribution in [-0.2, 0) is 9.47 Å². The normalized spacial score (nSPS) is 10.9. The molecule has 0 saturated heterocycles. The fraction of sp³-hybridized carbons (Fsp3) is 0.385. The monoisotopic (exact) mass is 264 g/mol. The highest BCUT2D eigenvalue weighted by molar-refractivity contribution is 5.79. The molecule has 6 heteroatoms. The Balaban J connectivity index is 2.13. The Morgan fingerprint density at radius 1 is 1.16 bits per heavy atom. The van der Waals surface area contributed by atoms with Gasteiger partial charge in [-0.05, 0) is 18.2 Å². The molecule has 2 rings (SSSR count).